The van der Waals surface area contributed by atoms with Crippen LogP contribution >= 0.6 is 0 Å². The van der Waals surface area contributed by atoms with E-state index in [9.17, 15) is 0 Å². The number of azo groups is 1. The molecule has 2 N–H and O–H groups in total. The zero-order valence-corrected chi connectivity index (χ0v) is 16.4. The Balaban J connectivity index is 1.47. The molecule has 0 atom stereocenters. The van der Waals surface area contributed by atoms with Crippen LogP contribution in [0.5, 0.6) is 0 Å². The van der Waals surface area contributed by atoms with Gasteiger partial charge in [-0.2, -0.15) is 0 Å². The zero-order valence-electron chi connectivity index (χ0n) is 16.4. The van der Waals surface area contributed by atoms with Crippen molar-refractivity contribution in [2.75, 3.05) is 10.6 Å². The number of aromatic nitrogens is 2. The van der Waals surface area contributed by atoms with Crippen LogP contribution in [-0.4, -0.2) is 9.97 Å². The molecule has 0 radical (unpaired) electrons. The van der Waals surface area contributed by atoms with Crippen molar-refractivity contribution in [1.82, 2.24) is 9.97 Å². The highest BCUT2D eigenvalue weighted by molar-refractivity contribution is 5.67. The first kappa shape index (κ1) is 19.3. The number of hydrogen-bond donors (Lipinski definition) is 2. The molecule has 0 aliphatic carbocycles. The molecule has 2 aromatic heterocycles. The smallest absolute Gasteiger partial charge is 0.109 e. The number of benzene rings is 2. The van der Waals surface area contributed by atoms with E-state index >= 15 is 0 Å². The molecule has 6 nitrogen and oxygen atoms in total. The Morgan fingerprint density at radius 1 is 0.533 bits per heavy atom. The van der Waals surface area contributed by atoms with Crippen LogP contribution in [-0.2, 0) is 13.1 Å². The number of nitrogens with one attached hydrogen (secondary N) is 2. The number of rotatable bonds is 8. The molecule has 4 rings (SSSR count). The molecule has 30 heavy (non-hydrogen) atoms. The molecule has 0 bridgehead atoms. The Hall–Kier alpha value is -4.06. The number of hydrogen-bond acceptors (Lipinski definition) is 6. The minimum atomic E-state index is 0.621. The van der Waals surface area contributed by atoms with Gasteiger partial charge in [0.15, 0.2) is 0 Å². The lowest BCUT2D eigenvalue weighted by atomic mass is 10.2. The van der Waals surface area contributed by atoms with E-state index < -0.39 is 0 Å². The summed E-state index contributed by atoms with van der Waals surface area (Å²) in [4.78, 5) is 8.69. The van der Waals surface area contributed by atoms with Gasteiger partial charge in [-0.25, -0.2) is 0 Å². The number of para-hydroxylation sites is 2. The van der Waals surface area contributed by atoms with Crippen molar-refractivity contribution >= 4 is 22.7 Å². The molecule has 4 aromatic rings. The quantitative estimate of drug-likeness (QED) is 0.353. The third-order valence-corrected chi connectivity index (χ3v) is 4.45. The second-order valence-corrected chi connectivity index (χ2v) is 6.58. The molecule has 2 aromatic carbocycles. The van der Waals surface area contributed by atoms with Crippen LogP contribution in [0.4, 0.5) is 22.7 Å². The van der Waals surface area contributed by atoms with E-state index in [1.807, 2.05) is 84.9 Å². The van der Waals surface area contributed by atoms with Gasteiger partial charge in [-0.15, -0.1) is 10.2 Å². The Kier molecular flexibility index (Phi) is 6.38. The Bertz CT molecular complexity index is 1010. The van der Waals surface area contributed by atoms with Gasteiger partial charge >= 0.3 is 0 Å². The summed E-state index contributed by atoms with van der Waals surface area (Å²) < 4.78 is 0. The van der Waals surface area contributed by atoms with Gasteiger partial charge in [0.25, 0.3) is 0 Å². The first-order valence-corrected chi connectivity index (χ1v) is 9.76. The molecular weight excluding hydrogens is 372 g/mol. The van der Waals surface area contributed by atoms with Crippen molar-refractivity contribution in [1.29, 1.82) is 0 Å². The highest BCUT2D eigenvalue weighted by atomic mass is 15.1. The maximum Gasteiger partial charge on any atom is 0.109 e. The summed E-state index contributed by atoms with van der Waals surface area (Å²) >= 11 is 0. The summed E-state index contributed by atoms with van der Waals surface area (Å²) in [6, 6.07) is 27.4. The fourth-order valence-corrected chi connectivity index (χ4v) is 2.91. The van der Waals surface area contributed by atoms with Crippen LogP contribution in [0.25, 0.3) is 0 Å². The normalized spacial score (nSPS) is 10.8. The highest BCUT2D eigenvalue weighted by Crippen LogP contribution is 2.30. The summed E-state index contributed by atoms with van der Waals surface area (Å²) in [7, 11) is 0. The summed E-state index contributed by atoms with van der Waals surface area (Å²) in [6.45, 7) is 1.24. The first-order valence-electron chi connectivity index (χ1n) is 9.76. The molecule has 0 unspecified atom stereocenters. The average Bonchev–Trinajstić information content (AvgIpc) is 2.82. The van der Waals surface area contributed by atoms with Gasteiger partial charge in [0.05, 0.1) is 35.9 Å². The molecule has 0 saturated heterocycles. The van der Waals surface area contributed by atoms with E-state index in [0.717, 1.165) is 34.1 Å². The topological polar surface area (TPSA) is 74.6 Å². The lowest BCUT2D eigenvalue weighted by molar-refractivity contribution is 1.04. The van der Waals surface area contributed by atoms with E-state index in [-0.39, 0.29) is 0 Å². The average molecular weight is 394 g/mol. The van der Waals surface area contributed by atoms with Crippen LogP contribution in [0.1, 0.15) is 11.4 Å². The van der Waals surface area contributed by atoms with Crippen molar-refractivity contribution in [3.63, 3.8) is 0 Å². The summed E-state index contributed by atoms with van der Waals surface area (Å²) in [5, 5.41) is 15.8. The second-order valence-electron chi connectivity index (χ2n) is 6.58. The molecule has 0 spiro atoms. The van der Waals surface area contributed by atoms with Crippen molar-refractivity contribution in [3.8, 4) is 0 Å². The van der Waals surface area contributed by atoms with Gasteiger partial charge in [-0.05, 0) is 48.5 Å². The minimum Gasteiger partial charge on any atom is -0.378 e. The Morgan fingerprint density at radius 2 is 0.967 bits per heavy atom. The predicted molar refractivity (Wildman–Crippen MR) is 120 cm³/mol. The Labute approximate surface area is 175 Å². The zero-order chi connectivity index (χ0) is 20.4. The van der Waals surface area contributed by atoms with Gasteiger partial charge in [0, 0.05) is 12.4 Å². The largest absolute Gasteiger partial charge is 0.378 e. The van der Waals surface area contributed by atoms with E-state index in [2.05, 4.69) is 30.8 Å². The summed E-state index contributed by atoms with van der Waals surface area (Å²) in [6.07, 6.45) is 3.58. The van der Waals surface area contributed by atoms with Crippen LogP contribution in [0.15, 0.2) is 108 Å². The molecule has 6 heteroatoms. The highest BCUT2D eigenvalue weighted by Gasteiger charge is 2.04. The monoisotopic (exact) mass is 394 g/mol. The van der Waals surface area contributed by atoms with E-state index in [4.69, 9.17) is 0 Å². The van der Waals surface area contributed by atoms with Crippen LogP contribution in [0, 0.1) is 0 Å². The molecule has 0 amide bonds. The van der Waals surface area contributed by atoms with Gasteiger partial charge in [0.2, 0.25) is 0 Å². The van der Waals surface area contributed by atoms with E-state index in [1.165, 1.54) is 0 Å². The van der Waals surface area contributed by atoms with Crippen molar-refractivity contribution in [2.24, 2.45) is 10.2 Å². The van der Waals surface area contributed by atoms with Crippen molar-refractivity contribution in [3.05, 3.63) is 109 Å². The van der Waals surface area contributed by atoms with Crippen LogP contribution in [0.2, 0.25) is 0 Å². The van der Waals surface area contributed by atoms with Crippen LogP contribution in [0.3, 0.4) is 0 Å². The molecule has 0 fully saturated rings. The molecule has 0 aliphatic heterocycles. The van der Waals surface area contributed by atoms with Gasteiger partial charge in [-0.1, -0.05) is 36.4 Å². The molecule has 0 saturated carbocycles. The maximum atomic E-state index is 4.49. The lowest BCUT2D eigenvalue weighted by Gasteiger charge is -2.09. The van der Waals surface area contributed by atoms with Crippen molar-refractivity contribution in [2.45, 2.75) is 13.1 Å². The van der Waals surface area contributed by atoms with E-state index in [0.29, 0.717) is 13.1 Å². The second kappa shape index (κ2) is 9.93. The molecular formula is C24H22N6. The Morgan fingerprint density at radius 3 is 1.40 bits per heavy atom. The predicted octanol–water partition coefficient (Wildman–Crippen LogP) is 6.12. The van der Waals surface area contributed by atoms with Gasteiger partial charge < -0.3 is 10.6 Å². The maximum absolute atomic E-state index is 4.49. The van der Waals surface area contributed by atoms with Gasteiger partial charge in [0.1, 0.15) is 11.4 Å². The van der Waals surface area contributed by atoms with Gasteiger partial charge in [-0.3, -0.25) is 9.97 Å². The number of anilines is 2. The number of nitrogens with zero attached hydrogens (tertiary/aromatic N) is 4. The molecule has 148 valence electrons. The third kappa shape index (κ3) is 5.26. The standard InChI is InChI=1S/C24H22N6/c1-3-13-23(21(11-1)27-17-19-9-5-7-15-25-19)29-30-24-14-4-2-12-22(24)28-18-20-10-6-8-16-26-20/h1-16,27-28H,17-18H2. The fourth-order valence-electron chi connectivity index (χ4n) is 2.91. The molecule has 2 heterocycles. The van der Waals surface area contributed by atoms with E-state index in [1.54, 1.807) is 12.4 Å². The number of pyridine rings is 2. The lowest BCUT2D eigenvalue weighted by Crippen LogP contribution is -2.01. The fraction of sp³-hybridized carbons (Fsp3) is 0.0833. The third-order valence-electron chi connectivity index (χ3n) is 4.45. The molecule has 0 aliphatic rings. The van der Waals surface area contributed by atoms with Crippen molar-refractivity contribution < 1.29 is 0 Å². The minimum absolute atomic E-state index is 0.621. The summed E-state index contributed by atoms with van der Waals surface area (Å²) in [5.41, 5.74) is 5.29. The SMILES string of the molecule is c1ccc(CNc2ccccc2N=Nc2ccccc2NCc2ccccn2)nc1. The first-order chi connectivity index (χ1) is 14.9. The summed E-state index contributed by atoms with van der Waals surface area (Å²) in [5.74, 6) is 0. The van der Waals surface area contributed by atoms with Crippen LogP contribution < -0.4 is 10.6 Å².